The summed E-state index contributed by atoms with van der Waals surface area (Å²) >= 11 is 1.21. The molecule has 0 saturated carbocycles. The standard InChI is InChI=1S/C15H14N4O8S/c1-15(2)10(14(22)23)17-12(21)9(13(17)28-15)16-11(20)6-3-7(18(24)25)5-8(4-6)19(26)27/h3-5,9-10,13H,1-2H3,(H,16,20)(H,22,23). The van der Waals surface area contributed by atoms with Gasteiger partial charge in [-0.05, 0) is 13.8 Å². The number of carbonyl (C=O) groups excluding carboxylic acids is 2. The number of thioether (sulfide) groups is 1. The van der Waals surface area contributed by atoms with E-state index in [1.807, 2.05) is 0 Å². The van der Waals surface area contributed by atoms with E-state index in [2.05, 4.69) is 5.32 Å². The van der Waals surface area contributed by atoms with Gasteiger partial charge in [0, 0.05) is 16.9 Å². The topological polar surface area (TPSA) is 173 Å². The highest BCUT2D eigenvalue weighted by atomic mass is 32.2. The van der Waals surface area contributed by atoms with Crippen molar-refractivity contribution in [2.75, 3.05) is 0 Å². The van der Waals surface area contributed by atoms with E-state index in [0.29, 0.717) is 0 Å². The number of aliphatic carboxylic acids is 1. The molecule has 2 aliphatic rings. The van der Waals surface area contributed by atoms with Gasteiger partial charge in [0.05, 0.1) is 21.5 Å². The second kappa shape index (κ2) is 6.44. The zero-order chi connectivity index (χ0) is 21.0. The van der Waals surface area contributed by atoms with Crippen LogP contribution < -0.4 is 5.32 Å². The third-order valence-corrected chi connectivity index (χ3v) is 6.12. The third kappa shape index (κ3) is 3.02. The molecule has 0 aliphatic carbocycles. The highest BCUT2D eigenvalue weighted by Gasteiger charge is 2.64. The molecule has 13 heteroatoms. The molecule has 3 rings (SSSR count). The normalized spacial score (nSPS) is 24.9. The molecule has 0 bridgehead atoms. The smallest absolute Gasteiger partial charge is 0.327 e. The summed E-state index contributed by atoms with van der Waals surface area (Å²) in [5.74, 6) is -2.65. The Kier molecular flexibility index (Phi) is 4.49. The Morgan fingerprint density at radius 1 is 1.18 bits per heavy atom. The van der Waals surface area contributed by atoms with Gasteiger partial charge < -0.3 is 15.3 Å². The zero-order valence-corrected chi connectivity index (χ0v) is 15.3. The molecule has 3 unspecified atom stereocenters. The van der Waals surface area contributed by atoms with E-state index in [-0.39, 0.29) is 5.56 Å². The molecule has 2 fully saturated rings. The van der Waals surface area contributed by atoms with Gasteiger partial charge in [-0.1, -0.05) is 0 Å². The number of fused-ring (bicyclic) bond motifs is 1. The molecule has 0 aromatic heterocycles. The van der Waals surface area contributed by atoms with Crippen LogP contribution in [0.25, 0.3) is 0 Å². The van der Waals surface area contributed by atoms with Gasteiger partial charge in [0.1, 0.15) is 17.5 Å². The van der Waals surface area contributed by atoms with Crippen LogP contribution in [0.1, 0.15) is 24.2 Å². The molecular weight excluding hydrogens is 396 g/mol. The van der Waals surface area contributed by atoms with Gasteiger partial charge in [0.15, 0.2) is 0 Å². The Balaban J connectivity index is 1.83. The van der Waals surface area contributed by atoms with Crippen LogP contribution in [0.4, 0.5) is 11.4 Å². The van der Waals surface area contributed by atoms with Crippen LogP contribution in [0.15, 0.2) is 18.2 Å². The molecule has 3 atom stereocenters. The summed E-state index contributed by atoms with van der Waals surface area (Å²) in [7, 11) is 0. The van der Waals surface area contributed by atoms with Gasteiger partial charge in [0.25, 0.3) is 17.3 Å². The van der Waals surface area contributed by atoms with E-state index >= 15 is 0 Å². The Bertz CT molecular complexity index is 900. The number of carbonyl (C=O) groups is 3. The maximum absolute atomic E-state index is 12.5. The van der Waals surface area contributed by atoms with E-state index in [1.54, 1.807) is 13.8 Å². The summed E-state index contributed by atoms with van der Waals surface area (Å²) in [5, 5.41) is 33.1. The molecule has 148 valence electrons. The number of hydrogen-bond donors (Lipinski definition) is 2. The van der Waals surface area contributed by atoms with Gasteiger partial charge in [0.2, 0.25) is 5.91 Å². The molecule has 2 N–H and O–H groups in total. The fourth-order valence-electron chi connectivity index (χ4n) is 3.31. The van der Waals surface area contributed by atoms with Crippen molar-refractivity contribution < 1.29 is 29.3 Å². The lowest BCUT2D eigenvalue weighted by atomic mass is 9.96. The molecule has 0 radical (unpaired) electrons. The van der Waals surface area contributed by atoms with Gasteiger partial charge in [-0.25, -0.2) is 4.79 Å². The predicted octanol–water partition coefficient (Wildman–Crippen LogP) is 0.748. The van der Waals surface area contributed by atoms with Crippen molar-refractivity contribution in [3.05, 3.63) is 44.0 Å². The molecule has 12 nitrogen and oxygen atoms in total. The van der Waals surface area contributed by atoms with Crippen LogP contribution in [0.3, 0.4) is 0 Å². The maximum atomic E-state index is 12.5. The van der Waals surface area contributed by atoms with Crippen molar-refractivity contribution in [3.63, 3.8) is 0 Å². The highest BCUT2D eigenvalue weighted by Crippen LogP contribution is 2.50. The molecule has 1 aromatic rings. The number of nitro groups is 2. The summed E-state index contributed by atoms with van der Waals surface area (Å²) in [5.41, 5.74) is -1.62. The number of benzene rings is 1. The Morgan fingerprint density at radius 2 is 1.71 bits per heavy atom. The number of carboxylic acid groups (broad SMARTS) is 1. The first kappa shape index (κ1) is 19.5. The quantitative estimate of drug-likeness (QED) is 0.403. The van der Waals surface area contributed by atoms with Gasteiger partial charge in [-0.2, -0.15) is 0 Å². The van der Waals surface area contributed by atoms with Crippen molar-refractivity contribution in [2.45, 2.75) is 36.1 Å². The Hall–Kier alpha value is -3.22. The minimum atomic E-state index is -1.16. The van der Waals surface area contributed by atoms with Crippen LogP contribution in [0, 0.1) is 20.2 Å². The summed E-state index contributed by atoms with van der Waals surface area (Å²) < 4.78 is -0.782. The fourth-order valence-corrected chi connectivity index (χ4v) is 4.93. The second-order valence-corrected chi connectivity index (χ2v) is 8.57. The van der Waals surface area contributed by atoms with Crippen molar-refractivity contribution >= 4 is 40.9 Å². The molecule has 28 heavy (non-hydrogen) atoms. The lowest BCUT2D eigenvalue weighted by Crippen LogP contribution is -2.70. The lowest BCUT2D eigenvalue weighted by Gasteiger charge is -2.43. The van der Waals surface area contributed by atoms with Crippen LogP contribution in [0.2, 0.25) is 0 Å². The van der Waals surface area contributed by atoms with Crippen LogP contribution >= 0.6 is 11.8 Å². The molecule has 2 saturated heterocycles. The van der Waals surface area contributed by atoms with Crippen LogP contribution in [-0.4, -0.2) is 59.8 Å². The van der Waals surface area contributed by atoms with E-state index in [0.717, 1.165) is 18.2 Å². The van der Waals surface area contributed by atoms with E-state index in [9.17, 15) is 39.7 Å². The summed E-state index contributed by atoms with van der Waals surface area (Å²) in [4.78, 5) is 57.6. The van der Waals surface area contributed by atoms with Crippen molar-refractivity contribution in [3.8, 4) is 0 Å². The predicted molar refractivity (Wildman–Crippen MR) is 94.7 cm³/mol. The molecule has 2 heterocycles. The monoisotopic (exact) mass is 410 g/mol. The van der Waals surface area contributed by atoms with Crippen molar-refractivity contribution in [2.24, 2.45) is 0 Å². The molecule has 2 amide bonds. The number of nitro benzene ring substituents is 2. The SMILES string of the molecule is CC1(C)SC2C(NC(=O)c3cc([N+](=O)[O-])cc([N+](=O)[O-])c3)C(=O)N2C1C(=O)O. The fraction of sp³-hybridized carbons (Fsp3) is 0.400. The first-order chi connectivity index (χ1) is 12.9. The number of nitrogens with one attached hydrogen (secondary N) is 1. The average Bonchev–Trinajstić information content (AvgIpc) is 2.87. The number of β-lactam (4-membered cyclic amide) rings is 1. The van der Waals surface area contributed by atoms with Crippen LogP contribution in [0.5, 0.6) is 0 Å². The van der Waals surface area contributed by atoms with E-state index in [1.165, 1.54) is 16.7 Å². The zero-order valence-electron chi connectivity index (χ0n) is 14.5. The van der Waals surface area contributed by atoms with Gasteiger partial charge in [-0.3, -0.25) is 29.8 Å². The summed E-state index contributed by atoms with van der Waals surface area (Å²) in [6, 6.07) is 0.380. The Labute approximate surface area is 161 Å². The number of rotatable bonds is 5. The van der Waals surface area contributed by atoms with Crippen molar-refractivity contribution in [1.29, 1.82) is 0 Å². The minimum Gasteiger partial charge on any atom is -0.480 e. The number of carboxylic acids is 1. The minimum absolute atomic E-state index is 0.343. The second-order valence-electron chi connectivity index (χ2n) is 6.80. The van der Waals surface area contributed by atoms with Crippen LogP contribution in [-0.2, 0) is 9.59 Å². The molecule has 1 aromatic carbocycles. The maximum Gasteiger partial charge on any atom is 0.327 e. The van der Waals surface area contributed by atoms with E-state index < -0.39 is 61.2 Å². The third-order valence-electron chi connectivity index (χ3n) is 4.55. The molecular formula is C15H14N4O8S. The highest BCUT2D eigenvalue weighted by molar-refractivity contribution is 8.01. The van der Waals surface area contributed by atoms with E-state index in [4.69, 9.17) is 0 Å². The summed E-state index contributed by atoms with van der Waals surface area (Å²) in [6.45, 7) is 3.34. The number of hydrogen-bond acceptors (Lipinski definition) is 8. The number of non-ortho nitro benzene ring substituents is 2. The molecule has 0 spiro atoms. The van der Waals surface area contributed by atoms with Gasteiger partial charge >= 0.3 is 5.97 Å². The largest absolute Gasteiger partial charge is 0.480 e. The average molecular weight is 410 g/mol. The summed E-state index contributed by atoms with van der Waals surface area (Å²) in [6.07, 6.45) is 0. The first-order valence-corrected chi connectivity index (χ1v) is 8.79. The lowest BCUT2D eigenvalue weighted by molar-refractivity contribution is -0.394. The molecule has 2 aliphatic heterocycles. The number of nitrogens with zero attached hydrogens (tertiary/aromatic N) is 3. The Morgan fingerprint density at radius 3 is 2.18 bits per heavy atom. The number of amides is 2. The van der Waals surface area contributed by atoms with Crippen molar-refractivity contribution in [1.82, 2.24) is 10.2 Å². The first-order valence-electron chi connectivity index (χ1n) is 7.91. The van der Waals surface area contributed by atoms with Gasteiger partial charge in [-0.15, -0.1) is 11.8 Å².